The molecule has 0 fully saturated rings. The summed E-state index contributed by atoms with van der Waals surface area (Å²) in [6.45, 7) is 6.63. The number of nitrogens with one attached hydrogen (secondary N) is 1. The molecule has 104 valence electrons. The van der Waals surface area contributed by atoms with Crippen LogP contribution in [0.15, 0.2) is 11.6 Å². The second-order valence-electron chi connectivity index (χ2n) is 6.51. The van der Waals surface area contributed by atoms with Crippen molar-refractivity contribution in [2.45, 2.75) is 65.4 Å². The predicted octanol–water partition coefficient (Wildman–Crippen LogP) is 2.79. The van der Waals surface area contributed by atoms with E-state index in [0.29, 0.717) is 19.4 Å². The maximum absolute atomic E-state index is 11.7. The Kier molecular flexibility index (Phi) is 5.86. The molecule has 1 atom stereocenters. The van der Waals surface area contributed by atoms with E-state index in [9.17, 15) is 9.90 Å². The Labute approximate surface area is 111 Å². The number of hydrogen-bond acceptors (Lipinski definition) is 2. The fourth-order valence-electron chi connectivity index (χ4n) is 2.34. The molecule has 0 spiro atoms. The standard InChI is InChI=1S/C15H27NO2/c1-15(2,3)10-13(17)11-16-14(18)9-12-7-5-4-6-8-12/h7,13,17H,4-6,8-11H2,1-3H3,(H,16,18). The van der Waals surface area contributed by atoms with Crippen molar-refractivity contribution >= 4 is 5.91 Å². The van der Waals surface area contributed by atoms with Gasteiger partial charge in [0.1, 0.15) is 0 Å². The monoisotopic (exact) mass is 253 g/mol. The zero-order chi connectivity index (χ0) is 13.6. The quantitative estimate of drug-likeness (QED) is 0.740. The minimum atomic E-state index is -0.450. The number of aliphatic hydroxyl groups excluding tert-OH is 1. The predicted molar refractivity (Wildman–Crippen MR) is 74.3 cm³/mol. The molecule has 2 N–H and O–H groups in total. The first-order valence-corrected chi connectivity index (χ1v) is 6.99. The molecule has 0 aromatic rings. The first kappa shape index (κ1) is 15.2. The van der Waals surface area contributed by atoms with Gasteiger partial charge in [-0.1, -0.05) is 32.4 Å². The lowest BCUT2D eigenvalue weighted by atomic mass is 9.89. The maximum Gasteiger partial charge on any atom is 0.224 e. The lowest BCUT2D eigenvalue weighted by Crippen LogP contribution is -2.34. The SMILES string of the molecule is CC(C)(C)CC(O)CNC(=O)CC1=CCCCC1. The number of carbonyl (C=O) groups is 1. The highest BCUT2D eigenvalue weighted by Gasteiger charge is 2.17. The fourth-order valence-corrected chi connectivity index (χ4v) is 2.34. The van der Waals surface area contributed by atoms with Crippen molar-refractivity contribution in [2.75, 3.05) is 6.54 Å². The van der Waals surface area contributed by atoms with Crippen molar-refractivity contribution in [3.8, 4) is 0 Å². The first-order valence-electron chi connectivity index (χ1n) is 6.99. The van der Waals surface area contributed by atoms with Crippen molar-refractivity contribution in [2.24, 2.45) is 5.41 Å². The molecular weight excluding hydrogens is 226 g/mol. The third kappa shape index (κ3) is 6.80. The molecule has 3 nitrogen and oxygen atoms in total. The van der Waals surface area contributed by atoms with Crippen LogP contribution >= 0.6 is 0 Å². The van der Waals surface area contributed by atoms with Crippen LogP contribution in [-0.2, 0) is 4.79 Å². The highest BCUT2D eigenvalue weighted by Crippen LogP contribution is 2.21. The van der Waals surface area contributed by atoms with E-state index in [1.54, 1.807) is 0 Å². The van der Waals surface area contributed by atoms with Crippen molar-refractivity contribution in [3.63, 3.8) is 0 Å². The Morgan fingerprint density at radius 3 is 2.72 bits per heavy atom. The molecule has 0 heterocycles. The van der Waals surface area contributed by atoms with E-state index >= 15 is 0 Å². The normalized spacial score (nSPS) is 18.1. The van der Waals surface area contributed by atoms with Crippen LogP contribution in [0, 0.1) is 5.41 Å². The number of aliphatic hydroxyl groups is 1. The van der Waals surface area contributed by atoms with Crippen LogP contribution in [0.2, 0.25) is 0 Å². The molecule has 0 saturated carbocycles. The zero-order valence-corrected chi connectivity index (χ0v) is 12.0. The van der Waals surface area contributed by atoms with Gasteiger partial charge in [0.25, 0.3) is 0 Å². The van der Waals surface area contributed by atoms with Gasteiger partial charge >= 0.3 is 0 Å². The number of amides is 1. The Hall–Kier alpha value is -0.830. The molecule has 18 heavy (non-hydrogen) atoms. The van der Waals surface area contributed by atoms with Crippen LogP contribution in [0.3, 0.4) is 0 Å². The lowest BCUT2D eigenvalue weighted by Gasteiger charge is -2.22. The van der Waals surface area contributed by atoms with Crippen LogP contribution in [0.4, 0.5) is 0 Å². The third-order valence-corrected chi connectivity index (χ3v) is 3.16. The Morgan fingerprint density at radius 1 is 1.44 bits per heavy atom. The van der Waals surface area contributed by atoms with Crippen LogP contribution in [0.25, 0.3) is 0 Å². The summed E-state index contributed by atoms with van der Waals surface area (Å²) in [5, 5.41) is 12.6. The van der Waals surface area contributed by atoms with Gasteiger partial charge in [0.2, 0.25) is 5.91 Å². The Bertz CT molecular complexity index is 302. The van der Waals surface area contributed by atoms with Gasteiger partial charge in [0, 0.05) is 13.0 Å². The average molecular weight is 253 g/mol. The Morgan fingerprint density at radius 2 is 2.17 bits per heavy atom. The second-order valence-corrected chi connectivity index (χ2v) is 6.51. The third-order valence-electron chi connectivity index (χ3n) is 3.16. The molecule has 1 unspecified atom stereocenters. The summed E-state index contributed by atoms with van der Waals surface area (Å²) < 4.78 is 0. The van der Waals surface area contributed by atoms with Crippen molar-refractivity contribution in [1.29, 1.82) is 0 Å². The molecule has 0 radical (unpaired) electrons. The van der Waals surface area contributed by atoms with Crippen molar-refractivity contribution < 1.29 is 9.90 Å². The molecule has 0 aromatic carbocycles. The van der Waals surface area contributed by atoms with Gasteiger partial charge in [0.15, 0.2) is 0 Å². The van der Waals surface area contributed by atoms with Gasteiger partial charge in [-0.05, 0) is 37.5 Å². The van der Waals surface area contributed by atoms with Crippen LogP contribution in [0.1, 0.15) is 59.3 Å². The van der Waals surface area contributed by atoms with E-state index in [1.165, 1.54) is 18.4 Å². The molecule has 1 aliphatic rings. The molecule has 0 aromatic heterocycles. The molecule has 1 aliphatic carbocycles. The summed E-state index contributed by atoms with van der Waals surface area (Å²) in [5.41, 5.74) is 1.35. The maximum atomic E-state index is 11.7. The number of allylic oxidation sites excluding steroid dienone is 1. The molecule has 0 saturated heterocycles. The van der Waals surface area contributed by atoms with Gasteiger partial charge in [-0.25, -0.2) is 0 Å². The summed E-state index contributed by atoms with van der Waals surface area (Å²) in [4.78, 5) is 11.7. The van der Waals surface area contributed by atoms with Gasteiger partial charge in [-0.3, -0.25) is 4.79 Å². The van der Waals surface area contributed by atoms with E-state index in [2.05, 4.69) is 32.2 Å². The summed E-state index contributed by atoms with van der Waals surface area (Å²) >= 11 is 0. The second kappa shape index (κ2) is 6.93. The molecule has 3 heteroatoms. The van der Waals surface area contributed by atoms with Gasteiger partial charge in [-0.2, -0.15) is 0 Å². The Balaban J connectivity index is 2.22. The smallest absolute Gasteiger partial charge is 0.224 e. The van der Waals surface area contributed by atoms with Crippen LogP contribution in [0.5, 0.6) is 0 Å². The number of hydrogen-bond donors (Lipinski definition) is 2. The van der Waals surface area contributed by atoms with Crippen LogP contribution < -0.4 is 5.32 Å². The largest absolute Gasteiger partial charge is 0.391 e. The van der Waals surface area contributed by atoms with E-state index in [4.69, 9.17) is 0 Å². The summed E-state index contributed by atoms with van der Waals surface area (Å²) in [7, 11) is 0. The highest BCUT2D eigenvalue weighted by molar-refractivity contribution is 5.78. The van der Waals surface area contributed by atoms with Crippen molar-refractivity contribution in [1.82, 2.24) is 5.32 Å². The summed E-state index contributed by atoms with van der Waals surface area (Å²) in [6, 6.07) is 0. The van der Waals surface area contributed by atoms with E-state index < -0.39 is 6.10 Å². The van der Waals surface area contributed by atoms with E-state index in [1.807, 2.05) is 0 Å². The minimum Gasteiger partial charge on any atom is -0.391 e. The number of rotatable bonds is 5. The molecule has 0 bridgehead atoms. The van der Waals surface area contributed by atoms with E-state index in [0.717, 1.165) is 12.8 Å². The minimum absolute atomic E-state index is 0.0381. The van der Waals surface area contributed by atoms with Gasteiger partial charge < -0.3 is 10.4 Å². The average Bonchev–Trinajstić information content (AvgIpc) is 2.25. The topological polar surface area (TPSA) is 49.3 Å². The fraction of sp³-hybridized carbons (Fsp3) is 0.800. The highest BCUT2D eigenvalue weighted by atomic mass is 16.3. The van der Waals surface area contributed by atoms with Gasteiger partial charge in [0.05, 0.1) is 6.10 Å². The zero-order valence-electron chi connectivity index (χ0n) is 12.0. The van der Waals surface area contributed by atoms with E-state index in [-0.39, 0.29) is 11.3 Å². The lowest BCUT2D eigenvalue weighted by molar-refractivity contribution is -0.121. The van der Waals surface area contributed by atoms with Crippen molar-refractivity contribution in [3.05, 3.63) is 11.6 Å². The summed E-state index contributed by atoms with van der Waals surface area (Å²) in [6.07, 6.45) is 7.55. The molecule has 0 aliphatic heterocycles. The summed E-state index contributed by atoms with van der Waals surface area (Å²) in [5.74, 6) is 0.0381. The van der Waals surface area contributed by atoms with Gasteiger partial charge in [-0.15, -0.1) is 0 Å². The molecular formula is C15H27NO2. The molecule has 1 amide bonds. The number of carbonyl (C=O) groups excluding carboxylic acids is 1. The van der Waals surface area contributed by atoms with Crippen LogP contribution in [-0.4, -0.2) is 23.7 Å². The molecule has 1 rings (SSSR count). The first-order chi connectivity index (χ1) is 8.37.